The number of methoxy groups -OCH3 is 1. The van der Waals surface area contributed by atoms with Gasteiger partial charge in [0.25, 0.3) is 6.01 Å². The van der Waals surface area contributed by atoms with Crippen molar-refractivity contribution < 1.29 is 9.47 Å². The molecule has 0 aromatic carbocycles. The predicted molar refractivity (Wildman–Crippen MR) is 115 cm³/mol. The molecule has 1 atom stereocenters. The number of fused-ring (bicyclic) bond motifs is 1. The molecule has 8 heteroatoms. The Morgan fingerprint density at radius 2 is 1.86 bits per heavy atom. The van der Waals surface area contributed by atoms with E-state index in [4.69, 9.17) is 15.2 Å². The van der Waals surface area contributed by atoms with Gasteiger partial charge in [0, 0.05) is 12.6 Å². The number of likely N-dealkylation sites (tertiary alicyclic amines) is 1. The van der Waals surface area contributed by atoms with Crippen molar-refractivity contribution in [2.75, 3.05) is 25.9 Å². The smallest absolute Gasteiger partial charge is 0.320 e. The van der Waals surface area contributed by atoms with Gasteiger partial charge in [-0.3, -0.25) is 4.57 Å². The highest BCUT2D eigenvalue weighted by atomic mass is 16.5. The van der Waals surface area contributed by atoms with Gasteiger partial charge in [-0.25, -0.2) is 0 Å². The highest BCUT2D eigenvalue weighted by Crippen LogP contribution is 2.28. The van der Waals surface area contributed by atoms with Gasteiger partial charge in [-0.15, -0.1) is 0 Å². The minimum atomic E-state index is 0.0428. The van der Waals surface area contributed by atoms with Crippen LogP contribution in [0.25, 0.3) is 11.2 Å². The lowest BCUT2D eigenvalue weighted by Gasteiger charge is -2.34. The van der Waals surface area contributed by atoms with E-state index < -0.39 is 0 Å². The first-order valence-corrected chi connectivity index (χ1v) is 10.9. The number of nitrogen functional groups attached to an aromatic ring is 1. The summed E-state index contributed by atoms with van der Waals surface area (Å²) in [6.07, 6.45) is 5.56. The predicted octanol–water partition coefficient (Wildman–Crippen LogP) is 3.50. The summed E-state index contributed by atoms with van der Waals surface area (Å²) in [6.45, 7) is 11.8. The molecule has 2 aromatic rings. The van der Waals surface area contributed by atoms with Crippen LogP contribution < -0.4 is 15.2 Å². The number of rotatable bonds is 9. The first-order chi connectivity index (χ1) is 13.9. The molecule has 8 nitrogen and oxygen atoms in total. The molecule has 0 saturated carbocycles. The Hall–Kier alpha value is -2.09. The second-order valence-electron chi connectivity index (χ2n) is 8.39. The number of aromatic nitrogens is 4. The summed E-state index contributed by atoms with van der Waals surface area (Å²) >= 11 is 0. The molecule has 0 unspecified atom stereocenters. The largest absolute Gasteiger partial charge is 0.468 e. The number of hydrogen-bond acceptors (Lipinski definition) is 7. The van der Waals surface area contributed by atoms with E-state index in [-0.39, 0.29) is 6.10 Å². The van der Waals surface area contributed by atoms with Crippen molar-refractivity contribution in [3.63, 3.8) is 0 Å². The van der Waals surface area contributed by atoms with Gasteiger partial charge in [0.2, 0.25) is 0 Å². The lowest BCUT2D eigenvalue weighted by Crippen LogP contribution is -2.38. The van der Waals surface area contributed by atoms with Gasteiger partial charge >= 0.3 is 6.01 Å². The van der Waals surface area contributed by atoms with Crippen LogP contribution in [-0.4, -0.2) is 56.8 Å². The van der Waals surface area contributed by atoms with Crippen molar-refractivity contribution >= 4 is 17.0 Å². The number of imidazole rings is 1. The monoisotopic (exact) mass is 404 g/mol. The summed E-state index contributed by atoms with van der Waals surface area (Å²) in [4.78, 5) is 16.0. The second kappa shape index (κ2) is 9.61. The minimum absolute atomic E-state index is 0.0428. The molecular weight excluding hydrogens is 368 g/mol. The van der Waals surface area contributed by atoms with E-state index in [1.807, 2.05) is 11.5 Å². The maximum atomic E-state index is 6.16. The molecule has 0 spiro atoms. The molecule has 1 fully saturated rings. The molecule has 162 valence electrons. The molecule has 3 heterocycles. The third kappa shape index (κ3) is 5.10. The van der Waals surface area contributed by atoms with Gasteiger partial charge in [0.15, 0.2) is 17.0 Å². The highest BCUT2D eigenvalue weighted by molar-refractivity contribution is 5.83. The fourth-order valence-electron chi connectivity index (χ4n) is 4.11. The van der Waals surface area contributed by atoms with Crippen molar-refractivity contribution in [3.05, 3.63) is 0 Å². The van der Waals surface area contributed by atoms with Crippen LogP contribution in [0, 0.1) is 5.92 Å². The molecule has 0 aliphatic carbocycles. The molecule has 29 heavy (non-hydrogen) atoms. The molecule has 2 aromatic heterocycles. The first-order valence-electron chi connectivity index (χ1n) is 10.9. The van der Waals surface area contributed by atoms with Gasteiger partial charge in [0.05, 0.1) is 13.2 Å². The summed E-state index contributed by atoms with van der Waals surface area (Å²) < 4.78 is 13.4. The van der Waals surface area contributed by atoms with Crippen molar-refractivity contribution in [1.29, 1.82) is 0 Å². The van der Waals surface area contributed by atoms with Crippen LogP contribution in [0.3, 0.4) is 0 Å². The molecule has 1 aliphatic heterocycles. The number of hydrogen-bond donors (Lipinski definition) is 1. The van der Waals surface area contributed by atoms with Crippen LogP contribution in [0.5, 0.6) is 12.0 Å². The van der Waals surface area contributed by atoms with E-state index >= 15 is 0 Å². The van der Waals surface area contributed by atoms with Crippen LogP contribution in [0.1, 0.15) is 59.8 Å². The quantitative estimate of drug-likeness (QED) is 0.684. The van der Waals surface area contributed by atoms with Crippen LogP contribution in [0.4, 0.5) is 5.82 Å². The first kappa shape index (κ1) is 21.6. The molecule has 0 radical (unpaired) electrons. The zero-order valence-electron chi connectivity index (χ0n) is 18.5. The Morgan fingerprint density at radius 1 is 1.14 bits per heavy atom. The Bertz CT molecular complexity index is 798. The number of aryl methyl sites for hydroxylation is 1. The number of nitrogens with two attached hydrogens (primary N) is 1. The topological polar surface area (TPSA) is 91.3 Å². The molecule has 1 saturated heterocycles. The van der Waals surface area contributed by atoms with E-state index in [0.29, 0.717) is 41.0 Å². The molecule has 0 amide bonds. The summed E-state index contributed by atoms with van der Waals surface area (Å²) in [5, 5.41) is 0. The summed E-state index contributed by atoms with van der Waals surface area (Å²) in [6, 6.07) is 1.46. The third-order valence-corrected chi connectivity index (χ3v) is 5.89. The maximum absolute atomic E-state index is 6.16. The molecule has 0 bridgehead atoms. The van der Waals surface area contributed by atoms with Gasteiger partial charge in [-0.1, -0.05) is 13.3 Å². The molecule has 2 N–H and O–H groups in total. The average molecular weight is 405 g/mol. The summed E-state index contributed by atoms with van der Waals surface area (Å²) in [5.41, 5.74) is 7.42. The van der Waals surface area contributed by atoms with E-state index in [2.05, 4.69) is 40.6 Å². The Kier molecular flexibility index (Phi) is 7.16. The van der Waals surface area contributed by atoms with E-state index in [0.717, 1.165) is 25.8 Å². The fraction of sp³-hybridized carbons (Fsp3) is 0.762. The lowest BCUT2D eigenvalue weighted by atomic mass is 9.93. The summed E-state index contributed by atoms with van der Waals surface area (Å²) in [5.74, 6) is 1.03. The van der Waals surface area contributed by atoms with Crippen molar-refractivity contribution in [2.24, 2.45) is 5.92 Å². The number of anilines is 1. The Balaban J connectivity index is 1.76. The van der Waals surface area contributed by atoms with Crippen LogP contribution in [0.2, 0.25) is 0 Å². The van der Waals surface area contributed by atoms with Gasteiger partial charge in [-0.2, -0.15) is 15.0 Å². The van der Waals surface area contributed by atoms with Crippen LogP contribution in [-0.2, 0) is 6.54 Å². The van der Waals surface area contributed by atoms with Crippen molar-refractivity contribution in [1.82, 2.24) is 24.4 Å². The zero-order valence-corrected chi connectivity index (χ0v) is 18.5. The van der Waals surface area contributed by atoms with E-state index in [1.54, 1.807) is 7.11 Å². The van der Waals surface area contributed by atoms with Gasteiger partial charge in [-0.05, 0) is 65.5 Å². The van der Waals surface area contributed by atoms with Crippen LogP contribution in [0.15, 0.2) is 0 Å². The van der Waals surface area contributed by atoms with E-state index in [9.17, 15) is 0 Å². The second-order valence-corrected chi connectivity index (χ2v) is 8.39. The standard InChI is InChI=1S/C21H36N6O2/c1-6-7-15(4)29-20-24-18(22)17-19(25-20)27(21(23-17)28-5)13-10-16-8-11-26(12-9-16)14(2)3/h14-16H,6-13H2,1-5H3,(H2,22,24,25)/t15-/m0/s1. The molecular formula is C21H36N6O2. The molecule has 3 rings (SSSR count). The molecule has 1 aliphatic rings. The zero-order chi connectivity index (χ0) is 21.0. The fourth-order valence-corrected chi connectivity index (χ4v) is 4.11. The lowest BCUT2D eigenvalue weighted by molar-refractivity contribution is 0.143. The maximum Gasteiger partial charge on any atom is 0.320 e. The SMILES string of the molecule is CCC[C@H](C)Oc1nc(N)c2nc(OC)n(CCC3CCN(C(C)C)CC3)c2n1. The van der Waals surface area contributed by atoms with Crippen molar-refractivity contribution in [3.8, 4) is 12.0 Å². The van der Waals surface area contributed by atoms with Crippen molar-refractivity contribution in [2.45, 2.75) is 78.5 Å². The van der Waals surface area contributed by atoms with Crippen LogP contribution >= 0.6 is 0 Å². The van der Waals surface area contributed by atoms with Gasteiger partial charge in [0.1, 0.15) is 0 Å². The van der Waals surface area contributed by atoms with E-state index in [1.165, 1.54) is 25.9 Å². The Morgan fingerprint density at radius 3 is 2.48 bits per heavy atom. The number of ether oxygens (including phenoxy) is 2. The third-order valence-electron chi connectivity index (χ3n) is 5.89. The number of nitrogens with zero attached hydrogens (tertiary/aromatic N) is 5. The average Bonchev–Trinajstić information content (AvgIpc) is 3.05. The normalized spacial score (nSPS) is 17.2. The Labute approximate surface area is 173 Å². The number of piperidine rings is 1. The highest BCUT2D eigenvalue weighted by Gasteiger charge is 2.23. The minimum Gasteiger partial charge on any atom is -0.468 e. The van der Waals surface area contributed by atoms with Gasteiger partial charge < -0.3 is 20.1 Å². The summed E-state index contributed by atoms with van der Waals surface area (Å²) in [7, 11) is 1.63.